The van der Waals surface area contributed by atoms with E-state index in [0.717, 1.165) is 6.42 Å². The van der Waals surface area contributed by atoms with Crippen LogP contribution in [0.1, 0.15) is 65.7 Å². The maximum atomic E-state index is 10.5. The van der Waals surface area contributed by atoms with Crippen LogP contribution in [0.2, 0.25) is 0 Å². The maximum absolute atomic E-state index is 10.5. The summed E-state index contributed by atoms with van der Waals surface area (Å²) in [6.45, 7) is 6.23. The van der Waals surface area contributed by atoms with Crippen LogP contribution in [0.25, 0.3) is 0 Å². The van der Waals surface area contributed by atoms with Crippen molar-refractivity contribution in [3.63, 3.8) is 0 Å². The van der Waals surface area contributed by atoms with Crippen molar-refractivity contribution in [3.8, 4) is 0 Å². The van der Waals surface area contributed by atoms with Gasteiger partial charge in [-0.05, 0) is 57.8 Å². The molecule has 1 saturated carbocycles. The molecule has 0 radical (unpaired) electrons. The third-order valence-corrected chi connectivity index (χ3v) is 4.82. The Kier molecular flexibility index (Phi) is 3.18. The molecule has 0 amide bonds. The first-order valence-corrected chi connectivity index (χ1v) is 6.82. The lowest BCUT2D eigenvalue weighted by atomic mass is 9.56. The Morgan fingerprint density at radius 3 is 2.44 bits per heavy atom. The number of aliphatic hydroxyl groups is 1. The van der Waals surface area contributed by atoms with Gasteiger partial charge in [-0.1, -0.05) is 30.9 Å². The van der Waals surface area contributed by atoms with Crippen molar-refractivity contribution in [3.05, 3.63) is 11.6 Å². The molecular weight excluding hydrogens is 196 g/mol. The summed E-state index contributed by atoms with van der Waals surface area (Å²) < 4.78 is 0. The standard InChI is InChI=1S/C15H26O/c1-12-7-10-15(8-5-4-6-9-15)13(11-12)14(2,3)16/h7,13,16H,4-6,8-11H2,1-3H3. The van der Waals surface area contributed by atoms with Gasteiger partial charge in [-0.15, -0.1) is 0 Å². The number of hydrogen-bond donors (Lipinski definition) is 1. The molecule has 1 spiro atoms. The van der Waals surface area contributed by atoms with Gasteiger partial charge in [0.15, 0.2) is 0 Å². The molecule has 1 atom stereocenters. The molecule has 1 fully saturated rings. The van der Waals surface area contributed by atoms with Crippen LogP contribution in [0, 0.1) is 11.3 Å². The lowest BCUT2D eigenvalue weighted by molar-refractivity contribution is -0.0691. The lowest BCUT2D eigenvalue weighted by Gasteiger charge is -2.50. The lowest BCUT2D eigenvalue weighted by Crippen LogP contribution is -2.46. The summed E-state index contributed by atoms with van der Waals surface area (Å²) in [5.41, 5.74) is 1.37. The first kappa shape index (κ1) is 12.2. The van der Waals surface area contributed by atoms with Gasteiger partial charge >= 0.3 is 0 Å². The second kappa shape index (κ2) is 4.18. The zero-order valence-corrected chi connectivity index (χ0v) is 11.1. The molecule has 2 rings (SSSR count). The van der Waals surface area contributed by atoms with Crippen LogP contribution >= 0.6 is 0 Å². The molecule has 0 heterocycles. The molecule has 16 heavy (non-hydrogen) atoms. The van der Waals surface area contributed by atoms with Gasteiger partial charge in [-0.3, -0.25) is 0 Å². The third kappa shape index (κ3) is 2.20. The number of hydrogen-bond acceptors (Lipinski definition) is 1. The van der Waals surface area contributed by atoms with Gasteiger partial charge in [0.1, 0.15) is 0 Å². The van der Waals surface area contributed by atoms with Gasteiger partial charge in [0.2, 0.25) is 0 Å². The molecule has 1 N–H and O–H groups in total. The van der Waals surface area contributed by atoms with Crippen LogP contribution in [0.4, 0.5) is 0 Å². The van der Waals surface area contributed by atoms with Crippen molar-refractivity contribution in [1.82, 2.24) is 0 Å². The molecule has 0 saturated heterocycles. The van der Waals surface area contributed by atoms with E-state index < -0.39 is 5.60 Å². The van der Waals surface area contributed by atoms with Gasteiger partial charge in [0, 0.05) is 0 Å². The largest absolute Gasteiger partial charge is 0.390 e. The van der Waals surface area contributed by atoms with Gasteiger partial charge in [0.05, 0.1) is 5.60 Å². The van der Waals surface area contributed by atoms with Gasteiger partial charge in [0.25, 0.3) is 0 Å². The van der Waals surface area contributed by atoms with E-state index in [2.05, 4.69) is 13.0 Å². The fraction of sp³-hybridized carbons (Fsp3) is 0.867. The molecule has 0 aliphatic heterocycles. The van der Waals surface area contributed by atoms with E-state index in [4.69, 9.17) is 0 Å². The molecule has 1 nitrogen and oxygen atoms in total. The second-order valence-electron chi connectivity index (χ2n) is 6.59. The summed E-state index contributed by atoms with van der Waals surface area (Å²) in [6.07, 6.45) is 11.5. The minimum atomic E-state index is -0.521. The molecule has 0 bridgehead atoms. The molecule has 0 aromatic rings. The summed E-state index contributed by atoms with van der Waals surface area (Å²) in [5, 5.41) is 10.5. The Balaban J connectivity index is 2.27. The Hall–Kier alpha value is -0.300. The van der Waals surface area contributed by atoms with Crippen molar-refractivity contribution in [2.75, 3.05) is 0 Å². The molecule has 0 aromatic carbocycles. The normalized spacial score (nSPS) is 30.2. The average molecular weight is 222 g/mol. The summed E-state index contributed by atoms with van der Waals surface area (Å²) >= 11 is 0. The SMILES string of the molecule is CC1=CCC2(CCCCC2)C(C(C)(C)O)C1. The van der Waals surface area contributed by atoms with Gasteiger partial charge < -0.3 is 5.11 Å². The summed E-state index contributed by atoms with van der Waals surface area (Å²) in [6, 6.07) is 0. The Bertz CT molecular complexity index is 276. The van der Waals surface area contributed by atoms with E-state index in [9.17, 15) is 5.11 Å². The molecule has 2 aliphatic carbocycles. The highest BCUT2D eigenvalue weighted by molar-refractivity contribution is 5.13. The zero-order chi connectivity index (χ0) is 11.8. The van der Waals surface area contributed by atoms with Crippen LogP contribution in [0.15, 0.2) is 11.6 Å². The first-order chi connectivity index (χ1) is 7.44. The quantitative estimate of drug-likeness (QED) is 0.663. The topological polar surface area (TPSA) is 20.2 Å². The molecule has 92 valence electrons. The monoisotopic (exact) mass is 222 g/mol. The van der Waals surface area contributed by atoms with Crippen LogP contribution < -0.4 is 0 Å². The highest BCUT2D eigenvalue weighted by atomic mass is 16.3. The van der Waals surface area contributed by atoms with Crippen molar-refractivity contribution in [2.24, 2.45) is 11.3 Å². The molecule has 1 unspecified atom stereocenters. The van der Waals surface area contributed by atoms with E-state index in [1.165, 1.54) is 44.1 Å². The van der Waals surface area contributed by atoms with Crippen LogP contribution in [-0.2, 0) is 0 Å². The molecular formula is C15H26O. The van der Waals surface area contributed by atoms with E-state index in [0.29, 0.717) is 11.3 Å². The van der Waals surface area contributed by atoms with E-state index in [-0.39, 0.29) is 0 Å². The van der Waals surface area contributed by atoms with Crippen LogP contribution in [0.5, 0.6) is 0 Å². The fourth-order valence-electron chi connectivity index (χ4n) is 3.95. The van der Waals surface area contributed by atoms with Crippen molar-refractivity contribution < 1.29 is 5.11 Å². The average Bonchev–Trinajstić information content (AvgIpc) is 2.22. The Morgan fingerprint density at radius 1 is 1.25 bits per heavy atom. The zero-order valence-electron chi connectivity index (χ0n) is 11.1. The highest BCUT2D eigenvalue weighted by Crippen LogP contribution is 2.53. The Morgan fingerprint density at radius 2 is 1.88 bits per heavy atom. The number of rotatable bonds is 1. The summed E-state index contributed by atoms with van der Waals surface area (Å²) in [7, 11) is 0. The number of allylic oxidation sites excluding steroid dienone is 2. The molecule has 0 aromatic heterocycles. The van der Waals surface area contributed by atoms with Crippen molar-refractivity contribution in [1.29, 1.82) is 0 Å². The third-order valence-electron chi connectivity index (χ3n) is 4.82. The predicted molar refractivity (Wildman–Crippen MR) is 68.3 cm³/mol. The smallest absolute Gasteiger partial charge is 0.0628 e. The first-order valence-electron chi connectivity index (χ1n) is 6.82. The minimum absolute atomic E-state index is 0.413. The fourth-order valence-corrected chi connectivity index (χ4v) is 3.95. The highest BCUT2D eigenvalue weighted by Gasteiger charge is 2.46. The predicted octanol–water partition coefficient (Wildman–Crippen LogP) is 4.06. The van der Waals surface area contributed by atoms with E-state index in [1.807, 2.05) is 13.8 Å². The van der Waals surface area contributed by atoms with Crippen molar-refractivity contribution >= 4 is 0 Å². The van der Waals surface area contributed by atoms with E-state index >= 15 is 0 Å². The van der Waals surface area contributed by atoms with Crippen molar-refractivity contribution in [2.45, 2.75) is 71.3 Å². The van der Waals surface area contributed by atoms with E-state index in [1.54, 1.807) is 0 Å². The summed E-state index contributed by atoms with van der Waals surface area (Å²) in [4.78, 5) is 0. The second-order valence-corrected chi connectivity index (χ2v) is 6.59. The van der Waals surface area contributed by atoms with Crippen LogP contribution in [-0.4, -0.2) is 10.7 Å². The summed E-state index contributed by atoms with van der Waals surface area (Å²) in [5.74, 6) is 0.463. The van der Waals surface area contributed by atoms with Crippen LogP contribution in [0.3, 0.4) is 0 Å². The molecule has 2 aliphatic rings. The maximum Gasteiger partial charge on any atom is 0.0628 e. The molecule has 1 heteroatoms. The Labute approximate surface area is 99.9 Å². The van der Waals surface area contributed by atoms with Gasteiger partial charge in [-0.2, -0.15) is 0 Å². The minimum Gasteiger partial charge on any atom is -0.390 e. The van der Waals surface area contributed by atoms with Gasteiger partial charge in [-0.25, -0.2) is 0 Å².